The van der Waals surface area contributed by atoms with Crippen LogP contribution in [0, 0.1) is 0 Å². The number of anilines is 12. The molecule has 124 heavy (non-hydrogen) atoms. The van der Waals surface area contributed by atoms with Crippen molar-refractivity contribution in [1.29, 1.82) is 0 Å². The van der Waals surface area contributed by atoms with E-state index in [1.54, 1.807) is 0 Å². The number of nitrogens with one attached hydrogen (secondary N) is 4. The van der Waals surface area contributed by atoms with Crippen LogP contribution in [0.1, 0.15) is 215 Å². The van der Waals surface area contributed by atoms with E-state index >= 15 is 0 Å². The van der Waals surface area contributed by atoms with Gasteiger partial charge in [0.25, 0.3) is 0 Å². The summed E-state index contributed by atoms with van der Waals surface area (Å²) in [4.78, 5) is 101. The van der Waals surface area contributed by atoms with Crippen molar-refractivity contribution in [3.63, 3.8) is 0 Å². The maximum absolute atomic E-state index is 12.3. The van der Waals surface area contributed by atoms with Gasteiger partial charge in [-0.05, 0) is 174 Å². The monoisotopic (exact) mass is 1710 g/mol. The average Bonchev–Trinajstić information content (AvgIpc) is 1.05. The van der Waals surface area contributed by atoms with Crippen LogP contribution in [-0.2, 0) is 71.5 Å². The van der Waals surface area contributed by atoms with Crippen molar-refractivity contribution in [3.05, 3.63) is 142 Å². The third-order valence-electron chi connectivity index (χ3n) is 21.4. The number of carbonyl (C=O) groups excluding carboxylic acids is 4. The molecule has 0 aliphatic carbocycles. The number of benzene rings is 4. The summed E-state index contributed by atoms with van der Waals surface area (Å²) in [6.07, 6.45) is 11.8. The number of carbonyl (C=O) groups is 4. The number of hydrogen-bond donors (Lipinski definition) is 8. The van der Waals surface area contributed by atoms with Gasteiger partial charge >= 0.3 is 24.0 Å². The predicted octanol–water partition coefficient (Wildman–Crippen LogP) is 13.7. The molecule has 0 unspecified atom stereocenters. The Morgan fingerprint density at radius 2 is 0.589 bits per heavy atom. The van der Waals surface area contributed by atoms with Crippen molar-refractivity contribution < 1.29 is 49.1 Å². The molecular weight excluding hydrogens is 1570 g/mol. The predicted molar refractivity (Wildman–Crippen MR) is 497 cm³/mol. The van der Waals surface area contributed by atoms with E-state index in [9.17, 15) is 19.2 Å². The molecule has 12 N–H and O–H groups in total. The number of nitrogen functional groups attached to an aromatic ring is 4. The lowest BCUT2D eigenvalue weighted by molar-refractivity contribution is -0.116. The second-order valence-corrected chi connectivity index (χ2v) is 31.1. The summed E-state index contributed by atoms with van der Waals surface area (Å²) in [6.45, 7) is 15.6. The van der Waals surface area contributed by atoms with Crippen LogP contribution in [0.4, 0.5) is 69.3 Å². The van der Waals surface area contributed by atoms with Crippen molar-refractivity contribution in [2.45, 2.75) is 212 Å². The number of fused-ring (bicyclic) bond motifs is 4. The van der Waals surface area contributed by atoms with Gasteiger partial charge < -0.3 is 82.7 Å². The summed E-state index contributed by atoms with van der Waals surface area (Å²) in [5.41, 5.74) is 35.4. The Kier molecular flexibility index (Phi) is 32.8. The Labute approximate surface area is 745 Å². The molecular formula is C92H136N24O8. The van der Waals surface area contributed by atoms with E-state index in [4.69, 9.17) is 52.8 Å². The molecule has 16 rings (SSSR count). The molecule has 8 aliphatic rings. The van der Waals surface area contributed by atoms with Crippen LogP contribution in [0.5, 0.6) is 24.0 Å². The van der Waals surface area contributed by atoms with Gasteiger partial charge in [-0.15, -0.1) is 0 Å². The number of hydrogen-bond acceptors (Lipinski definition) is 28. The van der Waals surface area contributed by atoms with Crippen molar-refractivity contribution in [1.82, 2.24) is 59.5 Å². The van der Waals surface area contributed by atoms with Crippen LogP contribution in [0.2, 0.25) is 0 Å². The van der Waals surface area contributed by atoms with E-state index in [0.717, 1.165) is 114 Å². The van der Waals surface area contributed by atoms with Gasteiger partial charge in [0.2, 0.25) is 23.6 Å². The van der Waals surface area contributed by atoms with Gasteiger partial charge in [-0.3, -0.25) is 38.8 Å². The van der Waals surface area contributed by atoms with E-state index in [1.165, 1.54) is 80.5 Å². The number of aromatic nitrogens is 8. The summed E-state index contributed by atoms with van der Waals surface area (Å²) in [7, 11) is 0. The first kappa shape index (κ1) is 84.7. The molecule has 32 nitrogen and oxygen atoms in total. The fourth-order valence-corrected chi connectivity index (χ4v) is 15.6. The fraction of sp³-hybridized carbons (Fsp3) is 0.522. The third-order valence-corrected chi connectivity index (χ3v) is 21.4. The molecule has 0 spiro atoms. The lowest BCUT2D eigenvalue weighted by atomic mass is 10.1. The maximum Gasteiger partial charge on any atom is 0.320 e. The number of rotatable bonds is 32. The van der Waals surface area contributed by atoms with Crippen molar-refractivity contribution in [3.8, 4) is 24.0 Å². The van der Waals surface area contributed by atoms with Crippen molar-refractivity contribution >= 4 is 92.9 Å². The largest absolute Gasteiger partial charge is 0.463 e. The lowest BCUT2D eigenvalue weighted by Crippen LogP contribution is -2.39. The number of nitrogens with zero attached hydrogens (tertiary/aromatic N) is 16. The Hall–Kier alpha value is -11.5. The molecule has 0 radical (unpaired) electrons. The smallest absolute Gasteiger partial charge is 0.320 e. The zero-order chi connectivity index (χ0) is 90.3. The summed E-state index contributed by atoms with van der Waals surface area (Å²) in [6, 6.07) is 34.2. The Morgan fingerprint density at radius 3 is 0.831 bits per heavy atom. The molecule has 4 amide bonds. The zero-order valence-corrected chi connectivity index (χ0v) is 68.8. The summed E-state index contributed by atoms with van der Waals surface area (Å²) in [5, 5.41) is 11.1. The van der Waals surface area contributed by atoms with Gasteiger partial charge in [0.15, 0.2) is 46.5 Å². The van der Waals surface area contributed by atoms with Crippen molar-refractivity contribution in [2.24, 2.45) is 0 Å². The fourth-order valence-electron chi connectivity index (χ4n) is 15.6. The van der Waals surface area contributed by atoms with Gasteiger partial charge in [-0.2, -0.15) is 39.9 Å². The van der Waals surface area contributed by atoms with Crippen LogP contribution in [0.25, 0.3) is 0 Å². The highest BCUT2D eigenvalue weighted by molar-refractivity contribution is 6.05. The van der Waals surface area contributed by atoms with Crippen LogP contribution < -0.4 is 82.7 Å². The van der Waals surface area contributed by atoms with E-state index in [0.29, 0.717) is 112 Å². The molecule has 672 valence electrons. The molecule has 4 aromatic heterocycles. The number of amides is 4. The first-order valence-corrected chi connectivity index (χ1v) is 41.9. The summed E-state index contributed by atoms with van der Waals surface area (Å²) >= 11 is 0. The molecule has 8 aromatic rings. The van der Waals surface area contributed by atoms with Crippen LogP contribution in [0.15, 0.2) is 97.1 Å². The molecule has 4 saturated heterocycles. The Morgan fingerprint density at radius 1 is 0.347 bits per heavy atom. The SMILES string of the molecule is C.C.C.C.[2H]C([2H])(C)CCOc1nc(N)c2c(n1)N(Cc1cccc(CN3CCCC3)c1)CC(=O)N2.[2H]C([2H])([2H])CCCOc1nc(N)c2c(n1)N(Cc1cccc(CN3CCCC3)c1)CC(=O)N2.[2H]C([2H])CCCOc1nc(N)c2c(n1)N(Cc1cccc(CN3CCCC3)c1)CC(=O)N2.[2H]CCCCOc1nc(N)c2c(n1)N(Cc1cccc(CN3CCCC3)c1)CC(=O)N2. The Bertz CT molecular complexity index is 5080. The first-order valence-electron chi connectivity index (χ1n) is 46.2. The molecule has 4 fully saturated rings. The molecule has 8 aliphatic heterocycles. The summed E-state index contributed by atoms with van der Waals surface area (Å²) < 4.78 is 81.2. The van der Waals surface area contributed by atoms with Gasteiger partial charge in [0.1, 0.15) is 22.7 Å². The third kappa shape index (κ3) is 27.3. The second kappa shape index (κ2) is 48.0. The minimum Gasteiger partial charge on any atom is -0.463 e. The van der Waals surface area contributed by atoms with Gasteiger partial charge in [0.05, 0.1) is 52.6 Å². The molecule has 0 saturated carbocycles. The second-order valence-electron chi connectivity index (χ2n) is 31.1. The molecule has 12 heterocycles. The average molecular weight is 1710 g/mol. The van der Waals surface area contributed by atoms with E-state index in [-0.39, 0.29) is 153 Å². The lowest BCUT2D eigenvalue weighted by Gasteiger charge is -2.30. The van der Waals surface area contributed by atoms with E-state index < -0.39 is 20.1 Å². The highest BCUT2D eigenvalue weighted by Gasteiger charge is 2.33. The van der Waals surface area contributed by atoms with Crippen LogP contribution in [0.3, 0.4) is 0 Å². The quantitative estimate of drug-likeness (QED) is 0.0182. The van der Waals surface area contributed by atoms with Crippen LogP contribution >= 0.6 is 0 Å². The molecule has 32 heteroatoms. The summed E-state index contributed by atoms with van der Waals surface area (Å²) in [5.74, 6) is 2.07. The zero-order valence-electron chi connectivity index (χ0n) is 76.8. The maximum atomic E-state index is 12.3. The highest BCUT2D eigenvalue weighted by atomic mass is 16.5. The van der Waals surface area contributed by atoms with Crippen molar-refractivity contribution in [2.75, 3.05) is 169 Å². The number of unbranched alkanes of at least 4 members (excludes halogenated alkanes) is 1. The van der Waals surface area contributed by atoms with E-state index in [2.05, 4.69) is 154 Å². The normalized spacial score (nSPS) is 17.1. The molecule has 0 atom stereocenters. The van der Waals surface area contributed by atoms with Gasteiger partial charge in [-0.1, -0.05) is 180 Å². The minimum absolute atomic E-state index is 0. The number of likely N-dealkylation sites (tertiary alicyclic amines) is 4. The van der Waals surface area contributed by atoms with Gasteiger partial charge in [-0.25, -0.2) is 0 Å². The first-order chi connectivity index (χ1) is 61.6. The number of nitrogens with two attached hydrogens (primary N) is 4. The van der Waals surface area contributed by atoms with Crippen LogP contribution in [-0.4, -0.2) is 188 Å². The van der Waals surface area contributed by atoms with Gasteiger partial charge in [0, 0.05) is 63.3 Å². The Balaban J connectivity index is 0.000000196. The molecule has 4 aromatic carbocycles. The standard InChI is InChI=1S/4C22H30N6O2.4CH4/c4*1-2-3-11-30-22-25-20(23)19-21(26-22)28(15-18(29)24-19)14-17-8-6-7-16(12-17)13-27-9-4-5-10-27;;;;/h4*6-8,12H,2-5,9-11,13-15H2,1H3,(H,24,29)(H2,23,25,26);4*1H4/i2D2;1D3;1D2;1D;;;;. The number of ether oxygens (including phenoxy) is 4. The topological polar surface area (TPSA) is 386 Å². The molecule has 0 bridgehead atoms. The minimum atomic E-state index is -2.00. The van der Waals surface area contributed by atoms with E-state index in [1.807, 2.05) is 43.9 Å². The highest BCUT2D eigenvalue weighted by Crippen LogP contribution is 2.39.